The lowest BCUT2D eigenvalue weighted by Gasteiger charge is -2.59. The van der Waals surface area contributed by atoms with Gasteiger partial charge in [0.2, 0.25) is 0 Å². The van der Waals surface area contributed by atoms with E-state index >= 15 is 0 Å². The molecule has 248 valence electrons. The van der Waals surface area contributed by atoms with Crippen LogP contribution >= 0.6 is 15.9 Å². The van der Waals surface area contributed by atoms with Crippen LogP contribution in [0.1, 0.15) is 120 Å². The normalized spacial score (nSPS) is 34.3. The zero-order valence-electron chi connectivity index (χ0n) is 28.5. The number of allylic oxidation sites excluding steroid dienone is 1. The van der Waals surface area contributed by atoms with Crippen molar-refractivity contribution in [3.05, 3.63) is 83.4 Å². The van der Waals surface area contributed by atoms with E-state index in [0.717, 1.165) is 43.9 Å². The van der Waals surface area contributed by atoms with E-state index in [1.54, 1.807) is 0 Å². The highest BCUT2D eigenvalue weighted by atomic mass is 79.9. The van der Waals surface area contributed by atoms with Crippen LogP contribution in [-0.4, -0.2) is 28.5 Å². The summed E-state index contributed by atoms with van der Waals surface area (Å²) in [5, 5.41) is 0. The third kappa shape index (κ3) is 6.51. The largest absolute Gasteiger partial charge is 0.458 e. The highest BCUT2D eigenvalue weighted by Gasteiger charge is 2.61. The zero-order valence-corrected chi connectivity index (χ0v) is 30.1. The minimum absolute atomic E-state index is 0.0410. The first-order valence-corrected chi connectivity index (χ1v) is 18.7. The number of fused-ring (bicyclic) bond motifs is 5. The smallest absolute Gasteiger partial charge is 0.338 e. The van der Waals surface area contributed by atoms with Crippen LogP contribution in [0.2, 0.25) is 0 Å². The summed E-state index contributed by atoms with van der Waals surface area (Å²) in [6.07, 6.45) is 13.8. The van der Waals surface area contributed by atoms with E-state index in [1.165, 1.54) is 37.7 Å². The number of halogens is 1. The zero-order chi connectivity index (χ0) is 32.7. The maximum absolute atomic E-state index is 12.8. The second-order valence-corrected chi connectivity index (χ2v) is 17.2. The minimum Gasteiger partial charge on any atom is -0.458 e. The van der Waals surface area contributed by atoms with Gasteiger partial charge in [-0.15, -0.1) is 0 Å². The van der Waals surface area contributed by atoms with E-state index in [4.69, 9.17) is 9.47 Å². The maximum atomic E-state index is 12.8. The van der Waals surface area contributed by atoms with E-state index in [9.17, 15) is 9.59 Å². The van der Waals surface area contributed by atoms with Crippen molar-refractivity contribution < 1.29 is 19.1 Å². The Morgan fingerprint density at radius 3 is 2.22 bits per heavy atom. The van der Waals surface area contributed by atoms with Gasteiger partial charge in [0.15, 0.2) is 0 Å². The Kier molecular flexibility index (Phi) is 9.65. The van der Waals surface area contributed by atoms with Gasteiger partial charge in [0, 0.05) is 11.2 Å². The Hall–Kier alpha value is -2.40. The van der Waals surface area contributed by atoms with Crippen LogP contribution in [0.15, 0.2) is 72.3 Å². The summed E-state index contributed by atoms with van der Waals surface area (Å²) in [7, 11) is 0. The van der Waals surface area contributed by atoms with Gasteiger partial charge in [0.25, 0.3) is 0 Å². The Balaban J connectivity index is 1.07. The van der Waals surface area contributed by atoms with Gasteiger partial charge in [-0.2, -0.15) is 0 Å². The molecule has 0 saturated heterocycles. The van der Waals surface area contributed by atoms with Crippen molar-refractivity contribution in [3.63, 3.8) is 0 Å². The molecule has 46 heavy (non-hydrogen) atoms. The quantitative estimate of drug-likeness (QED) is 0.149. The van der Waals surface area contributed by atoms with Crippen molar-refractivity contribution in [1.82, 2.24) is 0 Å². The number of rotatable bonds is 9. The molecular formula is C41H53BrO4. The van der Waals surface area contributed by atoms with Gasteiger partial charge in [0.1, 0.15) is 11.7 Å². The first-order chi connectivity index (χ1) is 21.9. The van der Waals surface area contributed by atoms with E-state index in [0.29, 0.717) is 39.1 Å². The number of benzene rings is 2. The molecule has 1 unspecified atom stereocenters. The molecule has 3 saturated carbocycles. The van der Waals surface area contributed by atoms with Crippen molar-refractivity contribution in [2.24, 2.45) is 40.4 Å². The van der Waals surface area contributed by atoms with Gasteiger partial charge < -0.3 is 9.47 Å². The van der Waals surface area contributed by atoms with Gasteiger partial charge in [-0.3, -0.25) is 0 Å². The third-order valence-electron chi connectivity index (χ3n) is 12.9. The van der Waals surface area contributed by atoms with Crippen LogP contribution in [0.25, 0.3) is 0 Å². The highest BCUT2D eigenvalue weighted by molar-refractivity contribution is 9.09. The number of hydrogen-bond acceptors (Lipinski definition) is 4. The van der Waals surface area contributed by atoms with Crippen molar-refractivity contribution in [1.29, 1.82) is 0 Å². The number of carbonyl (C=O) groups excluding carboxylic acids is 2. The Morgan fingerprint density at radius 1 is 0.891 bits per heavy atom. The molecule has 0 bridgehead atoms. The van der Waals surface area contributed by atoms with Crippen molar-refractivity contribution in [2.45, 2.75) is 115 Å². The average Bonchev–Trinajstić information content (AvgIpc) is 3.39. The predicted octanol–water partition coefficient (Wildman–Crippen LogP) is 10.6. The van der Waals surface area contributed by atoms with E-state index < -0.39 is 5.60 Å². The van der Waals surface area contributed by atoms with Crippen LogP contribution in [-0.2, 0) is 9.47 Å². The van der Waals surface area contributed by atoms with Crippen molar-refractivity contribution in [3.8, 4) is 0 Å². The van der Waals surface area contributed by atoms with Crippen LogP contribution in [0, 0.1) is 40.4 Å². The minimum atomic E-state index is -0.476. The molecule has 0 radical (unpaired) electrons. The predicted molar refractivity (Wildman–Crippen MR) is 188 cm³/mol. The lowest BCUT2D eigenvalue weighted by Crippen LogP contribution is -2.54. The second kappa shape index (κ2) is 13.2. The molecule has 4 nitrogen and oxygen atoms in total. The van der Waals surface area contributed by atoms with Gasteiger partial charge in [-0.25, -0.2) is 9.59 Å². The summed E-state index contributed by atoms with van der Waals surface area (Å²) in [5.74, 6) is 3.02. The summed E-state index contributed by atoms with van der Waals surface area (Å²) in [6, 6.07) is 18.7. The van der Waals surface area contributed by atoms with Crippen LogP contribution < -0.4 is 0 Å². The lowest BCUT2D eigenvalue weighted by molar-refractivity contribution is -0.0571. The first-order valence-electron chi connectivity index (χ1n) is 17.8. The van der Waals surface area contributed by atoms with Crippen LogP contribution in [0.5, 0.6) is 0 Å². The fourth-order valence-corrected chi connectivity index (χ4v) is 11.5. The summed E-state index contributed by atoms with van der Waals surface area (Å²) in [4.78, 5) is 25.9. The van der Waals surface area contributed by atoms with Gasteiger partial charge in [0.05, 0.1) is 11.1 Å². The molecule has 2 aromatic carbocycles. The number of hydrogen-bond donors (Lipinski definition) is 0. The first kappa shape index (κ1) is 33.5. The Morgan fingerprint density at radius 2 is 1.54 bits per heavy atom. The van der Waals surface area contributed by atoms with Gasteiger partial charge in [-0.1, -0.05) is 91.2 Å². The molecule has 0 amide bonds. The van der Waals surface area contributed by atoms with E-state index in [1.807, 2.05) is 60.7 Å². The fraction of sp³-hybridized carbons (Fsp3) is 0.610. The molecule has 2 aromatic rings. The van der Waals surface area contributed by atoms with Gasteiger partial charge >= 0.3 is 11.9 Å². The molecule has 0 spiro atoms. The Bertz CT molecular complexity index is 1420. The summed E-state index contributed by atoms with van der Waals surface area (Å²) in [5.41, 5.74) is 2.85. The summed E-state index contributed by atoms with van der Waals surface area (Å²) < 4.78 is 12.0. The Labute approximate surface area is 285 Å². The molecule has 9 atom stereocenters. The number of alkyl halides is 1. The molecule has 0 heterocycles. The molecule has 5 heteroatoms. The standard InChI is InChI=1S/C41H53BrO4/c1-27(13-12-22-39(2,3)46-38(44)29-16-10-7-11-17-29)32-18-19-33-36-34(21-24-41(32,33)5)40(4)23-20-31(25-30(40)26-35(36)42)45-37(43)28-14-8-6-9-15-28/h6-11,14-17,26-27,31-36H,12-13,18-25H2,1-5H3/t27-,31+,32-,33+,34+,35?,36+,40+,41-/m1/s1. The van der Waals surface area contributed by atoms with E-state index in [-0.39, 0.29) is 23.5 Å². The van der Waals surface area contributed by atoms with Crippen LogP contribution in [0.4, 0.5) is 0 Å². The summed E-state index contributed by atoms with van der Waals surface area (Å²) in [6.45, 7) is 11.7. The topological polar surface area (TPSA) is 52.6 Å². The fourth-order valence-electron chi connectivity index (χ4n) is 10.4. The molecule has 6 rings (SSSR count). The molecule has 0 aromatic heterocycles. The molecule has 3 fully saturated rings. The van der Waals surface area contributed by atoms with Crippen molar-refractivity contribution >= 4 is 27.9 Å². The highest BCUT2D eigenvalue weighted by Crippen LogP contribution is 2.68. The number of carbonyl (C=O) groups is 2. The van der Waals surface area contributed by atoms with E-state index in [2.05, 4.69) is 56.6 Å². The molecule has 4 aliphatic carbocycles. The molecular weight excluding hydrogens is 636 g/mol. The number of ether oxygens (including phenoxy) is 2. The number of esters is 2. The monoisotopic (exact) mass is 688 g/mol. The maximum Gasteiger partial charge on any atom is 0.338 e. The third-order valence-corrected chi connectivity index (χ3v) is 13.8. The van der Waals surface area contributed by atoms with Gasteiger partial charge in [-0.05, 0) is 130 Å². The summed E-state index contributed by atoms with van der Waals surface area (Å²) >= 11 is 4.22. The van der Waals surface area contributed by atoms with Crippen molar-refractivity contribution in [2.75, 3.05) is 0 Å². The molecule has 0 N–H and O–H groups in total. The molecule has 0 aliphatic heterocycles. The van der Waals surface area contributed by atoms with Crippen LogP contribution in [0.3, 0.4) is 0 Å². The lowest BCUT2D eigenvalue weighted by atomic mass is 9.47. The molecule has 4 aliphatic rings. The second-order valence-electron chi connectivity index (χ2n) is 16.1. The average molecular weight is 690 g/mol. The SMILES string of the molecule is C[C@H](CCCC(C)(C)OC(=O)c1ccccc1)[C@H]1CC[C@H]2[C@@H]3C(Br)C=C4C[C@@H](OC(=O)c5ccccc5)CC[C@]4(C)[C@H]3CC[C@]12C.